The zero-order valence-corrected chi connectivity index (χ0v) is 15.0. The summed E-state index contributed by atoms with van der Waals surface area (Å²) in [5, 5.41) is 18.5. The number of carbonyl (C=O) groups is 1. The Balaban J connectivity index is 1.77. The fraction of sp³-hybridized carbons (Fsp3) is 0.500. The second-order valence-corrected chi connectivity index (χ2v) is 7.46. The summed E-state index contributed by atoms with van der Waals surface area (Å²) in [5.74, 6) is -3.70. The van der Waals surface area contributed by atoms with Gasteiger partial charge in [-0.1, -0.05) is 0 Å². The van der Waals surface area contributed by atoms with Crippen LogP contribution in [0.15, 0.2) is 17.1 Å². The smallest absolute Gasteiger partial charge is 0.414 e. The van der Waals surface area contributed by atoms with Crippen LogP contribution in [0.2, 0.25) is 0 Å². The summed E-state index contributed by atoms with van der Waals surface area (Å²) in [7, 11) is 0. The van der Waals surface area contributed by atoms with Gasteiger partial charge in [0, 0.05) is 31.2 Å². The molecule has 0 amide bonds. The number of carboxylic acids is 1. The number of alkyl halides is 3. The van der Waals surface area contributed by atoms with E-state index in [1.165, 1.54) is 15.7 Å². The van der Waals surface area contributed by atoms with E-state index in [1.54, 1.807) is 0 Å². The van der Waals surface area contributed by atoms with Crippen LogP contribution >= 0.6 is 0 Å². The molecule has 2 aliphatic rings. The van der Waals surface area contributed by atoms with Gasteiger partial charge in [-0.3, -0.25) is 4.79 Å². The van der Waals surface area contributed by atoms with Crippen LogP contribution in [0.25, 0.3) is 11.0 Å². The summed E-state index contributed by atoms with van der Waals surface area (Å²) >= 11 is 0. The fourth-order valence-electron chi connectivity index (χ4n) is 3.75. The van der Waals surface area contributed by atoms with Gasteiger partial charge in [-0.25, -0.2) is 14.2 Å². The van der Waals surface area contributed by atoms with Crippen molar-refractivity contribution < 1.29 is 32.6 Å². The third-order valence-corrected chi connectivity index (χ3v) is 5.42. The SMILES string of the molecule is O=C(O)c1cn(C2CC2)c2nc(N3CCC(C(O)C(F)(F)F)C3)c(F)cc2c1=O. The van der Waals surface area contributed by atoms with E-state index < -0.39 is 41.0 Å². The number of nitrogens with zero attached hydrogens (tertiary/aromatic N) is 3. The highest BCUT2D eigenvalue weighted by Crippen LogP contribution is 2.38. The number of fused-ring (bicyclic) bond motifs is 1. The summed E-state index contributed by atoms with van der Waals surface area (Å²) < 4.78 is 54.5. The normalized spacial score (nSPS) is 21.0. The number of aromatic carboxylic acids is 1. The van der Waals surface area contributed by atoms with E-state index in [0.29, 0.717) is 0 Å². The molecule has 1 aliphatic heterocycles. The lowest BCUT2D eigenvalue weighted by Crippen LogP contribution is -2.37. The highest BCUT2D eigenvalue weighted by molar-refractivity contribution is 5.92. The molecule has 1 aliphatic carbocycles. The molecular formula is C18H17F4N3O4. The van der Waals surface area contributed by atoms with E-state index in [-0.39, 0.29) is 42.4 Å². The number of aliphatic hydroxyl groups is 1. The van der Waals surface area contributed by atoms with Gasteiger partial charge in [0.2, 0.25) is 5.43 Å². The first-order valence-corrected chi connectivity index (χ1v) is 9.06. The van der Waals surface area contributed by atoms with Crippen molar-refractivity contribution in [2.75, 3.05) is 18.0 Å². The summed E-state index contributed by atoms with van der Waals surface area (Å²) in [6.45, 7) is -0.176. The zero-order chi connectivity index (χ0) is 21.1. The Morgan fingerprint density at radius 2 is 1.97 bits per heavy atom. The molecule has 1 saturated carbocycles. The first-order valence-electron chi connectivity index (χ1n) is 9.06. The predicted molar refractivity (Wildman–Crippen MR) is 93.6 cm³/mol. The number of anilines is 1. The Bertz CT molecular complexity index is 1050. The monoisotopic (exact) mass is 415 g/mol. The maximum absolute atomic E-state index is 14.7. The third-order valence-electron chi connectivity index (χ3n) is 5.42. The summed E-state index contributed by atoms with van der Waals surface area (Å²) in [6, 6.07) is 0.819. The van der Waals surface area contributed by atoms with Gasteiger partial charge in [-0.05, 0) is 25.3 Å². The summed E-state index contributed by atoms with van der Waals surface area (Å²) in [4.78, 5) is 29.3. The topological polar surface area (TPSA) is 95.7 Å². The van der Waals surface area contributed by atoms with E-state index in [2.05, 4.69) is 4.98 Å². The van der Waals surface area contributed by atoms with Crippen molar-refractivity contribution in [3.05, 3.63) is 33.9 Å². The Morgan fingerprint density at radius 1 is 1.28 bits per heavy atom. The van der Waals surface area contributed by atoms with Crippen LogP contribution in [0.1, 0.15) is 35.7 Å². The van der Waals surface area contributed by atoms with Gasteiger partial charge in [-0.2, -0.15) is 13.2 Å². The van der Waals surface area contributed by atoms with E-state index in [9.17, 15) is 37.4 Å². The van der Waals surface area contributed by atoms with Crippen LogP contribution in [0.5, 0.6) is 0 Å². The quantitative estimate of drug-likeness (QED) is 0.745. The number of carboxylic acid groups (broad SMARTS) is 1. The molecule has 2 aromatic heterocycles. The third kappa shape index (κ3) is 3.43. The van der Waals surface area contributed by atoms with Gasteiger partial charge >= 0.3 is 12.1 Å². The minimum absolute atomic E-state index is 0.00716. The number of rotatable bonds is 4. The molecule has 0 bridgehead atoms. The Labute approximate surface area is 161 Å². The number of hydrogen-bond donors (Lipinski definition) is 2. The molecule has 29 heavy (non-hydrogen) atoms. The molecule has 2 fully saturated rings. The molecule has 7 nitrogen and oxygen atoms in total. The van der Waals surface area contributed by atoms with Crippen molar-refractivity contribution in [2.24, 2.45) is 5.92 Å². The van der Waals surface area contributed by atoms with Gasteiger partial charge < -0.3 is 19.7 Å². The molecule has 156 valence electrons. The first kappa shape index (κ1) is 19.6. The van der Waals surface area contributed by atoms with Crippen LogP contribution in [0, 0.1) is 11.7 Å². The van der Waals surface area contributed by atoms with E-state index in [0.717, 1.165) is 18.9 Å². The molecule has 0 spiro atoms. The summed E-state index contributed by atoms with van der Waals surface area (Å²) in [5.41, 5.74) is -1.26. The lowest BCUT2D eigenvalue weighted by molar-refractivity contribution is -0.217. The van der Waals surface area contributed by atoms with Crippen LogP contribution < -0.4 is 10.3 Å². The van der Waals surface area contributed by atoms with Crippen LogP contribution in [0.3, 0.4) is 0 Å². The molecular weight excluding hydrogens is 398 g/mol. The van der Waals surface area contributed by atoms with Crippen molar-refractivity contribution >= 4 is 22.8 Å². The standard InChI is InChI=1S/C18H17F4N3O4/c19-12-5-10-13(26)11(17(28)29)7-25(9-1-2-9)15(10)23-16(12)24-4-3-8(6-24)14(27)18(20,21)22/h5,7-9,14,27H,1-4,6H2,(H,28,29). The average molecular weight is 415 g/mol. The first-order chi connectivity index (χ1) is 13.6. The van der Waals surface area contributed by atoms with E-state index >= 15 is 0 Å². The molecule has 3 heterocycles. The fourth-order valence-corrected chi connectivity index (χ4v) is 3.75. The molecule has 2 N–H and O–H groups in total. The number of aliphatic hydroxyl groups excluding tert-OH is 1. The van der Waals surface area contributed by atoms with Gasteiger partial charge in [0.1, 0.15) is 11.2 Å². The van der Waals surface area contributed by atoms with E-state index in [4.69, 9.17) is 0 Å². The zero-order valence-electron chi connectivity index (χ0n) is 15.0. The van der Waals surface area contributed by atoms with Gasteiger partial charge in [0.15, 0.2) is 17.7 Å². The lowest BCUT2D eigenvalue weighted by atomic mass is 10.0. The molecule has 2 atom stereocenters. The van der Waals surface area contributed by atoms with Gasteiger partial charge in [0.25, 0.3) is 0 Å². The number of halogens is 4. The second-order valence-electron chi connectivity index (χ2n) is 7.46. The van der Waals surface area contributed by atoms with Gasteiger partial charge in [0.05, 0.1) is 5.39 Å². The minimum atomic E-state index is -4.77. The number of aromatic nitrogens is 2. The van der Waals surface area contributed by atoms with Crippen molar-refractivity contribution in [3.63, 3.8) is 0 Å². The lowest BCUT2D eigenvalue weighted by Gasteiger charge is -2.23. The van der Waals surface area contributed by atoms with Crippen molar-refractivity contribution in [1.29, 1.82) is 0 Å². The van der Waals surface area contributed by atoms with E-state index in [1.807, 2.05) is 0 Å². The molecule has 0 radical (unpaired) electrons. The molecule has 4 rings (SSSR count). The molecule has 11 heteroatoms. The van der Waals surface area contributed by atoms with Crippen molar-refractivity contribution in [3.8, 4) is 0 Å². The Hall–Kier alpha value is -2.69. The largest absolute Gasteiger partial charge is 0.477 e. The van der Waals surface area contributed by atoms with Gasteiger partial charge in [-0.15, -0.1) is 0 Å². The highest BCUT2D eigenvalue weighted by atomic mass is 19.4. The molecule has 1 saturated heterocycles. The number of pyridine rings is 2. The second kappa shape index (κ2) is 6.68. The molecule has 0 aromatic carbocycles. The van der Waals surface area contributed by atoms with Crippen molar-refractivity contribution in [2.45, 2.75) is 37.6 Å². The maximum atomic E-state index is 14.7. The van der Waals surface area contributed by atoms with Crippen LogP contribution in [-0.4, -0.2) is 51.1 Å². The maximum Gasteiger partial charge on any atom is 0.414 e. The number of hydrogen-bond acceptors (Lipinski definition) is 5. The highest BCUT2D eigenvalue weighted by Gasteiger charge is 2.46. The minimum Gasteiger partial charge on any atom is -0.477 e. The molecule has 2 aromatic rings. The van der Waals surface area contributed by atoms with Crippen LogP contribution in [-0.2, 0) is 0 Å². The predicted octanol–water partition coefficient (Wildman–Crippen LogP) is 2.32. The van der Waals surface area contributed by atoms with Crippen molar-refractivity contribution in [1.82, 2.24) is 9.55 Å². The Morgan fingerprint density at radius 3 is 2.55 bits per heavy atom. The van der Waals surface area contributed by atoms with Crippen LogP contribution in [0.4, 0.5) is 23.4 Å². The summed E-state index contributed by atoms with van der Waals surface area (Å²) in [6.07, 6.45) is -4.61. The Kier molecular flexibility index (Phi) is 4.52. The average Bonchev–Trinajstić information content (AvgIpc) is 3.37. The molecule has 2 unspecified atom stereocenters.